The van der Waals surface area contributed by atoms with Crippen LogP contribution in [0.1, 0.15) is 5.76 Å². The minimum Gasteiger partial charge on any atom is -0.485 e. The van der Waals surface area contributed by atoms with Crippen molar-refractivity contribution in [3.05, 3.63) is 60.9 Å². The van der Waals surface area contributed by atoms with Gasteiger partial charge in [0.25, 0.3) is 5.91 Å². The lowest BCUT2D eigenvalue weighted by Gasteiger charge is -2.25. The van der Waals surface area contributed by atoms with Gasteiger partial charge >= 0.3 is 0 Å². The molecule has 31 heavy (non-hydrogen) atoms. The number of nitrogens with one attached hydrogen (secondary N) is 2. The Kier molecular flexibility index (Phi) is 5.09. The molecule has 0 aliphatic carbocycles. The van der Waals surface area contributed by atoms with Crippen molar-refractivity contribution < 1.29 is 18.7 Å². The second-order valence-corrected chi connectivity index (χ2v) is 6.92. The molecule has 0 bridgehead atoms. The Morgan fingerprint density at radius 1 is 1.16 bits per heavy atom. The van der Waals surface area contributed by atoms with Crippen LogP contribution in [0.3, 0.4) is 0 Å². The molecule has 10 heteroatoms. The van der Waals surface area contributed by atoms with Crippen LogP contribution in [0, 0.1) is 0 Å². The van der Waals surface area contributed by atoms with Gasteiger partial charge < -0.3 is 24.5 Å². The first-order valence-electron chi connectivity index (χ1n) is 9.87. The number of hydrogen-bond acceptors (Lipinski definition) is 8. The van der Waals surface area contributed by atoms with Gasteiger partial charge in [0.2, 0.25) is 6.10 Å². The van der Waals surface area contributed by atoms with Gasteiger partial charge in [0, 0.05) is 6.54 Å². The molecule has 3 aromatic heterocycles. The summed E-state index contributed by atoms with van der Waals surface area (Å²) in [5.41, 5.74) is 0.678. The molecule has 0 saturated carbocycles. The number of anilines is 1. The number of ether oxygens (including phenoxy) is 2. The van der Waals surface area contributed by atoms with Crippen molar-refractivity contribution in [1.82, 2.24) is 25.1 Å². The number of carbonyl (C=O) groups is 1. The van der Waals surface area contributed by atoms with Crippen LogP contribution in [0.2, 0.25) is 0 Å². The Morgan fingerprint density at radius 2 is 2.06 bits per heavy atom. The Hall–Kier alpha value is -4.08. The molecule has 0 spiro atoms. The van der Waals surface area contributed by atoms with Crippen molar-refractivity contribution in [3.8, 4) is 11.5 Å². The van der Waals surface area contributed by atoms with E-state index in [9.17, 15) is 4.79 Å². The van der Waals surface area contributed by atoms with Crippen LogP contribution < -0.4 is 20.1 Å². The topological polar surface area (TPSA) is 116 Å². The second kappa shape index (κ2) is 8.34. The minimum absolute atomic E-state index is 0.172. The Balaban J connectivity index is 1.18. The molecule has 1 atom stereocenters. The Morgan fingerprint density at radius 3 is 2.94 bits per heavy atom. The van der Waals surface area contributed by atoms with Crippen LogP contribution in [0.25, 0.3) is 11.0 Å². The molecule has 1 unspecified atom stereocenters. The number of hydrogen-bond donors (Lipinski definition) is 2. The molecule has 10 nitrogen and oxygen atoms in total. The van der Waals surface area contributed by atoms with Crippen molar-refractivity contribution in [1.29, 1.82) is 0 Å². The van der Waals surface area contributed by atoms with Gasteiger partial charge in [0.1, 0.15) is 24.5 Å². The Bertz CT molecular complexity index is 1190. The molecule has 0 saturated heterocycles. The van der Waals surface area contributed by atoms with Crippen molar-refractivity contribution in [2.24, 2.45) is 0 Å². The fourth-order valence-corrected chi connectivity index (χ4v) is 3.33. The summed E-state index contributed by atoms with van der Waals surface area (Å²) in [6.07, 6.45) is 4.12. The minimum atomic E-state index is -0.691. The fourth-order valence-electron chi connectivity index (χ4n) is 3.33. The van der Waals surface area contributed by atoms with E-state index in [-0.39, 0.29) is 12.5 Å². The molecule has 0 radical (unpaired) electrons. The van der Waals surface area contributed by atoms with Gasteiger partial charge in [-0.2, -0.15) is 5.10 Å². The van der Waals surface area contributed by atoms with Crippen molar-refractivity contribution in [2.75, 3.05) is 18.5 Å². The van der Waals surface area contributed by atoms with E-state index in [1.807, 2.05) is 30.3 Å². The summed E-state index contributed by atoms with van der Waals surface area (Å²) in [6.45, 7) is 1.50. The van der Waals surface area contributed by atoms with E-state index < -0.39 is 6.10 Å². The number of nitrogens with zero attached hydrogens (tertiary/aromatic N) is 4. The molecular formula is C21H20N6O4. The summed E-state index contributed by atoms with van der Waals surface area (Å²) in [4.78, 5) is 21.1. The van der Waals surface area contributed by atoms with Crippen LogP contribution in [0.15, 0.2) is 59.6 Å². The number of carbonyl (C=O) groups excluding carboxylic acids is 1. The predicted octanol–water partition coefficient (Wildman–Crippen LogP) is 1.99. The highest BCUT2D eigenvalue weighted by molar-refractivity contribution is 5.86. The third kappa shape index (κ3) is 4.00. The third-order valence-electron chi connectivity index (χ3n) is 4.87. The largest absolute Gasteiger partial charge is 0.485 e. The maximum atomic E-state index is 12.5. The molecule has 158 valence electrons. The molecule has 0 fully saturated rings. The van der Waals surface area contributed by atoms with Crippen LogP contribution in [0.4, 0.5) is 5.82 Å². The first-order chi connectivity index (χ1) is 15.3. The lowest BCUT2D eigenvalue weighted by Crippen LogP contribution is -2.44. The lowest BCUT2D eigenvalue weighted by molar-refractivity contribution is -0.130. The second-order valence-electron chi connectivity index (χ2n) is 6.92. The van der Waals surface area contributed by atoms with E-state index in [0.29, 0.717) is 42.6 Å². The molecule has 1 amide bonds. The average Bonchev–Trinajstić information content (AvgIpc) is 3.48. The number of aromatic nitrogens is 4. The zero-order valence-electron chi connectivity index (χ0n) is 16.5. The average molecular weight is 420 g/mol. The third-order valence-corrected chi connectivity index (χ3v) is 4.87. The Labute approximate surface area is 177 Å². The number of benzene rings is 1. The molecule has 5 rings (SSSR count). The summed E-state index contributed by atoms with van der Waals surface area (Å²) < 4.78 is 18.4. The van der Waals surface area contributed by atoms with Gasteiger partial charge in [0.05, 0.1) is 30.9 Å². The molecule has 1 aromatic carbocycles. The van der Waals surface area contributed by atoms with Gasteiger partial charge in [-0.05, 0) is 24.3 Å². The van der Waals surface area contributed by atoms with Crippen molar-refractivity contribution in [3.63, 3.8) is 0 Å². The molecule has 4 aromatic rings. The summed E-state index contributed by atoms with van der Waals surface area (Å²) in [7, 11) is 0. The smallest absolute Gasteiger partial charge is 0.264 e. The highest BCUT2D eigenvalue weighted by atomic mass is 16.6. The van der Waals surface area contributed by atoms with E-state index in [0.717, 1.165) is 11.1 Å². The zero-order valence-corrected chi connectivity index (χ0v) is 16.5. The lowest BCUT2D eigenvalue weighted by atomic mass is 10.2. The van der Waals surface area contributed by atoms with Gasteiger partial charge in [0.15, 0.2) is 17.1 Å². The van der Waals surface area contributed by atoms with Crippen molar-refractivity contribution in [2.45, 2.75) is 19.2 Å². The standard InChI is InChI=1S/C21H20N6O4/c28-21(18-12-30-16-5-1-2-6-17(16)31-18)22-7-8-27-20-15(11-26-27)19(24-13-25-20)23-10-14-4-3-9-29-14/h1-6,9,11,13,18H,7-8,10,12H2,(H,22,28)(H,23,24,25). The fraction of sp³-hybridized carbons (Fsp3) is 0.238. The van der Waals surface area contributed by atoms with Crippen molar-refractivity contribution >= 4 is 22.8 Å². The molecule has 4 heterocycles. The van der Waals surface area contributed by atoms with E-state index >= 15 is 0 Å². The summed E-state index contributed by atoms with van der Waals surface area (Å²) in [5.74, 6) is 2.45. The summed E-state index contributed by atoms with van der Waals surface area (Å²) >= 11 is 0. The first kappa shape index (κ1) is 18.9. The first-order valence-corrected chi connectivity index (χ1v) is 9.87. The summed E-state index contributed by atoms with van der Waals surface area (Å²) in [5, 5.41) is 11.3. The van der Waals surface area contributed by atoms with Crippen LogP contribution >= 0.6 is 0 Å². The van der Waals surface area contributed by atoms with E-state index in [1.165, 1.54) is 6.33 Å². The number of para-hydroxylation sites is 2. The quantitative estimate of drug-likeness (QED) is 0.466. The number of furan rings is 1. The zero-order chi connectivity index (χ0) is 21.0. The number of amides is 1. The maximum absolute atomic E-state index is 12.5. The van der Waals surface area contributed by atoms with E-state index in [2.05, 4.69) is 25.7 Å². The SMILES string of the molecule is O=C(NCCn1ncc2c(NCc3ccco3)ncnc21)C1COc2ccccc2O1. The highest BCUT2D eigenvalue weighted by Gasteiger charge is 2.26. The van der Waals surface area contributed by atoms with E-state index in [4.69, 9.17) is 13.9 Å². The molecular weight excluding hydrogens is 400 g/mol. The van der Waals surface area contributed by atoms with Crippen LogP contribution in [-0.4, -0.2) is 44.9 Å². The number of rotatable bonds is 7. The molecule has 1 aliphatic rings. The van der Waals surface area contributed by atoms with Gasteiger partial charge in [-0.15, -0.1) is 0 Å². The molecule has 2 N–H and O–H groups in total. The monoisotopic (exact) mass is 420 g/mol. The van der Waals surface area contributed by atoms with Crippen LogP contribution in [0.5, 0.6) is 11.5 Å². The van der Waals surface area contributed by atoms with Gasteiger partial charge in [-0.1, -0.05) is 12.1 Å². The number of fused-ring (bicyclic) bond motifs is 2. The molecule has 1 aliphatic heterocycles. The van der Waals surface area contributed by atoms with E-state index in [1.54, 1.807) is 23.2 Å². The normalized spacial score (nSPS) is 15.0. The maximum Gasteiger partial charge on any atom is 0.264 e. The van der Waals surface area contributed by atoms with Crippen LogP contribution in [-0.2, 0) is 17.9 Å². The van der Waals surface area contributed by atoms with Gasteiger partial charge in [-0.25, -0.2) is 14.6 Å². The van der Waals surface area contributed by atoms with Gasteiger partial charge in [-0.3, -0.25) is 4.79 Å². The summed E-state index contributed by atoms with van der Waals surface area (Å²) in [6, 6.07) is 11.0. The predicted molar refractivity (Wildman–Crippen MR) is 111 cm³/mol. The highest BCUT2D eigenvalue weighted by Crippen LogP contribution is 2.30.